The number of rotatable bonds is 5. The van der Waals surface area contributed by atoms with E-state index in [0.29, 0.717) is 13.1 Å². The van der Waals surface area contributed by atoms with E-state index in [1.54, 1.807) is 7.05 Å². The van der Waals surface area contributed by atoms with Crippen molar-refractivity contribution in [3.05, 3.63) is 48.3 Å². The number of hydrogen-bond acceptors (Lipinski definition) is 5. The predicted octanol–water partition coefficient (Wildman–Crippen LogP) is 2.92. The van der Waals surface area contributed by atoms with Gasteiger partial charge >= 0.3 is 6.18 Å². The van der Waals surface area contributed by atoms with Crippen molar-refractivity contribution in [3.63, 3.8) is 0 Å². The van der Waals surface area contributed by atoms with Gasteiger partial charge in [-0.1, -0.05) is 18.2 Å². The summed E-state index contributed by atoms with van der Waals surface area (Å²) in [6.07, 6.45) is -3.39. The third-order valence-corrected chi connectivity index (χ3v) is 4.55. The molecule has 11 heteroatoms. The standard InChI is InChI=1S/C19H24F3N7.HI/c1-23-18(29-13-11-28(12-14-29)15-5-3-2-4-6-15)26-10-9-25-17-24-8-7-16(27-17)19(20,21)22;/h2-8H,9-14H2,1H3,(H,23,26)(H,24,25,27);1H. The molecule has 1 fully saturated rings. The third-order valence-electron chi connectivity index (χ3n) is 4.55. The molecule has 2 aromatic rings. The van der Waals surface area contributed by atoms with Crippen LogP contribution in [0.4, 0.5) is 24.8 Å². The molecule has 0 aliphatic carbocycles. The molecule has 7 nitrogen and oxygen atoms in total. The molecule has 164 valence electrons. The largest absolute Gasteiger partial charge is 0.433 e. The van der Waals surface area contributed by atoms with E-state index in [2.05, 4.69) is 47.5 Å². The number of nitrogens with one attached hydrogen (secondary N) is 2. The van der Waals surface area contributed by atoms with E-state index in [4.69, 9.17) is 0 Å². The zero-order valence-corrected chi connectivity index (χ0v) is 18.9. The normalized spacial score (nSPS) is 14.9. The molecular formula is C19H25F3IN7. The van der Waals surface area contributed by atoms with Gasteiger partial charge in [0, 0.05) is 58.2 Å². The van der Waals surface area contributed by atoms with E-state index in [1.165, 1.54) is 5.69 Å². The minimum atomic E-state index is -4.48. The number of halogens is 4. The Morgan fingerprint density at radius 3 is 2.40 bits per heavy atom. The number of nitrogens with zero attached hydrogens (tertiary/aromatic N) is 5. The summed E-state index contributed by atoms with van der Waals surface area (Å²) < 4.78 is 38.1. The maximum absolute atomic E-state index is 12.7. The van der Waals surface area contributed by atoms with Crippen LogP contribution in [-0.2, 0) is 6.18 Å². The molecule has 1 aliphatic rings. The van der Waals surface area contributed by atoms with E-state index < -0.39 is 11.9 Å². The van der Waals surface area contributed by atoms with Crippen molar-refractivity contribution < 1.29 is 13.2 Å². The second-order valence-electron chi connectivity index (χ2n) is 6.47. The molecule has 0 radical (unpaired) electrons. The number of alkyl halides is 3. The summed E-state index contributed by atoms with van der Waals surface area (Å²) in [5.74, 6) is 0.720. The Labute approximate surface area is 190 Å². The van der Waals surface area contributed by atoms with Crippen molar-refractivity contribution in [2.24, 2.45) is 4.99 Å². The van der Waals surface area contributed by atoms with Gasteiger partial charge in [0.05, 0.1) is 0 Å². The van der Waals surface area contributed by atoms with Gasteiger partial charge in [-0.05, 0) is 18.2 Å². The number of hydrogen-bond donors (Lipinski definition) is 2. The van der Waals surface area contributed by atoms with Crippen LogP contribution in [0, 0.1) is 0 Å². The van der Waals surface area contributed by atoms with E-state index >= 15 is 0 Å². The Bertz CT molecular complexity index is 809. The maximum atomic E-state index is 12.7. The molecule has 2 N–H and O–H groups in total. The van der Waals surface area contributed by atoms with Gasteiger partial charge in [-0.3, -0.25) is 4.99 Å². The van der Waals surface area contributed by atoms with E-state index in [1.807, 2.05) is 18.2 Å². The Hall–Kier alpha value is -2.31. The summed E-state index contributed by atoms with van der Waals surface area (Å²) >= 11 is 0. The first kappa shape index (κ1) is 24.0. The van der Waals surface area contributed by atoms with Crippen LogP contribution in [0.3, 0.4) is 0 Å². The first-order valence-electron chi connectivity index (χ1n) is 9.37. The lowest BCUT2D eigenvalue weighted by molar-refractivity contribution is -0.141. The highest BCUT2D eigenvalue weighted by Gasteiger charge is 2.32. The van der Waals surface area contributed by atoms with E-state index in [9.17, 15) is 13.2 Å². The number of benzene rings is 1. The zero-order chi connectivity index (χ0) is 20.7. The molecule has 0 atom stereocenters. The SMILES string of the molecule is CN=C(NCCNc1nccc(C(F)(F)F)n1)N1CCN(c2ccccc2)CC1.I. The van der Waals surface area contributed by atoms with Crippen LogP contribution in [0.15, 0.2) is 47.6 Å². The molecular weight excluding hydrogens is 510 g/mol. The van der Waals surface area contributed by atoms with Gasteiger partial charge in [0.1, 0.15) is 5.69 Å². The number of aromatic nitrogens is 2. The van der Waals surface area contributed by atoms with Crippen LogP contribution in [0.25, 0.3) is 0 Å². The van der Waals surface area contributed by atoms with Crippen molar-refractivity contribution in [1.29, 1.82) is 0 Å². The average Bonchev–Trinajstić information content (AvgIpc) is 2.74. The average molecular weight is 535 g/mol. The van der Waals surface area contributed by atoms with Gasteiger partial charge in [0.25, 0.3) is 0 Å². The van der Waals surface area contributed by atoms with Gasteiger partial charge in [-0.15, -0.1) is 24.0 Å². The highest BCUT2D eigenvalue weighted by atomic mass is 127. The maximum Gasteiger partial charge on any atom is 0.433 e. The van der Waals surface area contributed by atoms with Crippen molar-refractivity contribution >= 4 is 41.6 Å². The van der Waals surface area contributed by atoms with Gasteiger partial charge in [-0.25, -0.2) is 9.97 Å². The fourth-order valence-electron chi connectivity index (χ4n) is 3.10. The molecule has 1 aromatic carbocycles. The van der Waals surface area contributed by atoms with Gasteiger partial charge < -0.3 is 20.4 Å². The van der Waals surface area contributed by atoms with E-state index in [0.717, 1.165) is 44.4 Å². The van der Waals surface area contributed by atoms with Crippen LogP contribution >= 0.6 is 24.0 Å². The summed E-state index contributed by atoms with van der Waals surface area (Å²) in [6, 6.07) is 11.1. The Morgan fingerprint density at radius 2 is 1.77 bits per heavy atom. The molecule has 1 aromatic heterocycles. The summed E-state index contributed by atoms with van der Waals surface area (Å²) in [4.78, 5) is 16.1. The molecule has 0 saturated carbocycles. The summed E-state index contributed by atoms with van der Waals surface area (Å²) in [5.41, 5.74) is 0.246. The first-order valence-corrected chi connectivity index (χ1v) is 9.37. The Balaban J connectivity index is 0.00000320. The molecule has 30 heavy (non-hydrogen) atoms. The van der Waals surface area contributed by atoms with Crippen LogP contribution in [0.2, 0.25) is 0 Å². The van der Waals surface area contributed by atoms with Crippen molar-refractivity contribution in [1.82, 2.24) is 20.2 Å². The smallest absolute Gasteiger partial charge is 0.368 e. The highest BCUT2D eigenvalue weighted by Crippen LogP contribution is 2.27. The predicted molar refractivity (Wildman–Crippen MR) is 123 cm³/mol. The molecule has 1 saturated heterocycles. The van der Waals surface area contributed by atoms with Crippen LogP contribution in [0.1, 0.15) is 5.69 Å². The molecule has 3 rings (SSSR count). The molecule has 1 aliphatic heterocycles. The van der Waals surface area contributed by atoms with E-state index in [-0.39, 0.29) is 29.9 Å². The quantitative estimate of drug-likeness (QED) is 0.266. The molecule has 0 bridgehead atoms. The van der Waals surface area contributed by atoms with Gasteiger partial charge in [0.2, 0.25) is 5.95 Å². The summed E-state index contributed by atoms with van der Waals surface area (Å²) in [5, 5.41) is 6.03. The Kier molecular flexibility index (Phi) is 8.93. The topological polar surface area (TPSA) is 68.7 Å². The monoisotopic (exact) mass is 535 g/mol. The van der Waals surface area contributed by atoms with Crippen molar-refractivity contribution in [2.45, 2.75) is 6.18 Å². The van der Waals surface area contributed by atoms with Crippen molar-refractivity contribution in [2.75, 3.05) is 56.5 Å². The molecule has 0 spiro atoms. The lowest BCUT2D eigenvalue weighted by Crippen LogP contribution is -2.53. The fraction of sp³-hybridized carbons (Fsp3) is 0.421. The number of piperazine rings is 1. The fourth-order valence-corrected chi connectivity index (χ4v) is 3.10. The lowest BCUT2D eigenvalue weighted by atomic mass is 10.2. The summed E-state index contributed by atoms with van der Waals surface area (Å²) in [7, 11) is 1.72. The third kappa shape index (κ3) is 6.61. The highest BCUT2D eigenvalue weighted by molar-refractivity contribution is 14.0. The second-order valence-corrected chi connectivity index (χ2v) is 6.47. The first-order chi connectivity index (χ1) is 14.0. The van der Waals surface area contributed by atoms with Gasteiger partial charge in [0.15, 0.2) is 5.96 Å². The minimum absolute atomic E-state index is 0. The number of aliphatic imine (C=N–C) groups is 1. The minimum Gasteiger partial charge on any atom is -0.368 e. The molecule has 2 heterocycles. The number of para-hydroxylation sites is 1. The molecule has 0 amide bonds. The van der Waals surface area contributed by atoms with Crippen LogP contribution in [0.5, 0.6) is 0 Å². The van der Waals surface area contributed by atoms with Gasteiger partial charge in [-0.2, -0.15) is 13.2 Å². The van der Waals surface area contributed by atoms with Crippen LogP contribution in [-0.4, -0.2) is 67.1 Å². The number of guanidine groups is 1. The summed E-state index contributed by atoms with van der Waals surface area (Å²) in [6.45, 7) is 4.29. The number of anilines is 2. The van der Waals surface area contributed by atoms with Crippen molar-refractivity contribution in [3.8, 4) is 0 Å². The zero-order valence-electron chi connectivity index (χ0n) is 16.6. The Morgan fingerprint density at radius 1 is 1.07 bits per heavy atom. The lowest BCUT2D eigenvalue weighted by Gasteiger charge is -2.37. The molecule has 0 unspecified atom stereocenters. The second kappa shape index (κ2) is 11.2. The van der Waals surface area contributed by atoms with Crippen LogP contribution < -0.4 is 15.5 Å².